The molecule has 2 fully saturated rings. The van der Waals surface area contributed by atoms with E-state index in [9.17, 15) is 31.2 Å². The molecule has 0 aliphatic carbocycles. The van der Waals surface area contributed by atoms with E-state index in [2.05, 4.69) is 10.3 Å². The van der Waals surface area contributed by atoms with Crippen LogP contribution in [0.25, 0.3) is 0 Å². The standard InChI is InChI=1S/C26H27ClF3N3O5S2/c1-25(2,3)38-24(35)31-18(11-15-7-5-4-6-8-15)22(34)32-23-33(20-13-40(36,37)14-21(20)39-23)19-12-16(26(28,29)30)9-10-17(19)27/h4-10,12,18,20-21H,11,13-14H2,1-3H3,(H,31,35)/t18-,20+,21-/m1/s1. The highest BCUT2D eigenvalue weighted by Crippen LogP contribution is 2.44. The Morgan fingerprint density at radius 1 is 1.15 bits per heavy atom. The van der Waals surface area contributed by atoms with Crippen LogP contribution in [-0.2, 0) is 32.0 Å². The van der Waals surface area contributed by atoms with Crippen molar-refractivity contribution in [2.75, 3.05) is 16.4 Å². The first-order valence-electron chi connectivity index (χ1n) is 12.2. The van der Waals surface area contributed by atoms with Gasteiger partial charge in [-0.25, -0.2) is 13.2 Å². The Bertz CT molecular complexity index is 1430. The highest BCUT2D eigenvalue weighted by atomic mass is 35.5. The predicted octanol–water partition coefficient (Wildman–Crippen LogP) is 5.10. The maximum atomic E-state index is 13.5. The van der Waals surface area contributed by atoms with Crippen molar-refractivity contribution in [2.24, 2.45) is 4.99 Å². The van der Waals surface area contributed by atoms with Crippen molar-refractivity contribution in [1.82, 2.24) is 5.32 Å². The lowest BCUT2D eigenvalue weighted by Gasteiger charge is -2.27. The third-order valence-electron chi connectivity index (χ3n) is 6.08. The molecular formula is C26H27ClF3N3O5S2. The van der Waals surface area contributed by atoms with Gasteiger partial charge in [0.15, 0.2) is 15.0 Å². The molecule has 0 saturated carbocycles. The molecular weight excluding hydrogens is 591 g/mol. The molecule has 0 radical (unpaired) electrons. The van der Waals surface area contributed by atoms with Gasteiger partial charge in [-0.15, -0.1) is 0 Å². The van der Waals surface area contributed by atoms with Crippen LogP contribution in [0.4, 0.5) is 23.7 Å². The molecule has 2 amide bonds. The lowest BCUT2D eigenvalue weighted by atomic mass is 10.1. The zero-order valence-corrected chi connectivity index (χ0v) is 24.1. The number of benzene rings is 2. The van der Waals surface area contributed by atoms with E-state index >= 15 is 0 Å². The molecule has 40 heavy (non-hydrogen) atoms. The summed E-state index contributed by atoms with van der Waals surface area (Å²) in [6, 6.07) is 9.60. The lowest BCUT2D eigenvalue weighted by molar-refractivity contribution is -0.137. The summed E-state index contributed by atoms with van der Waals surface area (Å²) in [4.78, 5) is 31.6. The van der Waals surface area contributed by atoms with Gasteiger partial charge in [0.2, 0.25) is 0 Å². The quantitative estimate of drug-likeness (QED) is 0.498. The molecule has 2 aromatic carbocycles. The van der Waals surface area contributed by atoms with Crippen molar-refractivity contribution in [3.8, 4) is 0 Å². The fraction of sp³-hybridized carbons (Fsp3) is 0.423. The molecule has 2 heterocycles. The second-order valence-corrected chi connectivity index (χ2v) is 14.2. The normalized spacial score (nSPS) is 22.2. The SMILES string of the molecule is CC(C)(C)OC(=O)N[C@H](Cc1ccccc1)C(=O)N=C1S[C@@H]2CS(=O)(=O)C[C@@H]2N1c1cc(C(F)(F)F)ccc1Cl. The molecule has 0 spiro atoms. The highest BCUT2D eigenvalue weighted by molar-refractivity contribution is 8.16. The van der Waals surface area contributed by atoms with Gasteiger partial charge in [0, 0.05) is 11.7 Å². The molecule has 2 aromatic rings. The van der Waals surface area contributed by atoms with E-state index in [0.29, 0.717) is 0 Å². The minimum absolute atomic E-state index is 0.000162. The number of aliphatic imine (C=N–C) groups is 1. The molecule has 216 valence electrons. The monoisotopic (exact) mass is 617 g/mol. The number of hydrogen-bond donors (Lipinski definition) is 1. The van der Waals surface area contributed by atoms with Crippen molar-refractivity contribution in [2.45, 2.75) is 56.3 Å². The van der Waals surface area contributed by atoms with E-state index in [4.69, 9.17) is 16.3 Å². The fourth-order valence-corrected chi connectivity index (χ4v) is 8.51. The Morgan fingerprint density at radius 2 is 1.82 bits per heavy atom. The second-order valence-electron chi connectivity index (χ2n) is 10.5. The van der Waals surface area contributed by atoms with Crippen molar-refractivity contribution in [3.63, 3.8) is 0 Å². The van der Waals surface area contributed by atoms with Crippen molar-refractivity contribution >= 4 is 56.1 Å². The average Bonchev–Trinajstić information content (AvgIpc) is 3.28. The topological polar surface area (TPSA) is 105 Å². The van der Waals surface area contributed by atoms with Gasteiger partial charge in [-0.2, -0.15) is 18.2 Å². The van der Waals surface area contributed by atoms with E-state index in [1.165, 1.54) is 4.90 Å². The van der Waals surface area contributed by atoms with E-state index in [-0.39, 0.29) is 33.8 Å². The largest absolute Gasteiger partial charge is 0.444 e. The molecule has 4 rings (SSSR count). The van der Waals surface area contributed by atoms with Crippen LogP contribution in [0.3, 0.4) is 0 Å². The van der Waals surface area contributed by atoms with Gasteiger partial charge in [-0.05, 0) is 44.5 Å². The Kier molecular flexibility index (Phi) is 8.49. The summed E-state index contributed by atoms with van der Waals surface area (Å²) in [7, 11) is -3.48. The van der Waals surface area contributed by atoms with Gasteiger partial charge >= 0.3 is 12.3 Å². The highest BCUT2D eigenvalue weighted by Gasteiger charge is 2.50. The zero-order chi connectivity index (χ0) is 29.5. The van der Waals surface area contributed by atoms with Crippen LogP contribution in [-0.4, -0.2) is 60.0 Å². The summed E-state index contributed by atoms with van der Waals surface area (Å²) < 4.78 is 70.7. The summed E-state index contributed by atoms with van der Waals surface area (Å²) in [5.74, 6) is -1.35. The number of fused-ring (bicyclic) bond motifs is 1. The molecule has 3 atom stereocenters. The Hall–Kier alpha value is -2.77. The molecule has 1 N–H and O–H groups in total. The number of amides is 2. The van der Waals surface area contributed by atoms with Crippen LogP contribution in [0, 0.1) is 0 Å². The van der Waals surface area contributed by atoms with Gasteiger partial charge < -0.3 is 15.0 Å². The molecule has 0 bridgehead atoms. The van der Waals surface area contributed by atoms with Crippen LogP contribution < -0.4 is 10.2 Å². The van der Waals surface area contributed by atoms with Crippen LogP contribution in [0.15, 0.2) is 53.5 Å². The minimum Gasteiger partial charge on any atom is -0.444 e. The number of halogens is 4. The summed E-state index contributed by atoms with van der Waals surface area (Å²) >= 11 is 7.29. The van der Waals surface area contributed by atoms with Crippen LogP contribution >= 0.6 is 23.4 Å². The van der Waals surface area contributed by atoms with Crippen molar-refractivity contribution in [3.05, 3.63) is 64.7 Å². The Morgan fingerprint density at radius 3 is 2.45 bits per heavy atom. The maximum Gasteiger partial charge on any atom is 0.416 e. The van der Waals surface area contributed by atoms with Gasteiger partial charge in [0.1, 0.15) is 11.6 Å². The first-order valence-corrected chi connectivity index (χ1v) is 15.3. The average molecular weight is 618 g/mol. The lowest BCUT2D eigenvalue weighted by Crippen LogP contribution is -2.45. The third kappa shape index (κ3) is 7.29. The van der Waals surface area contributed by atoms with Crippen molar-refractivity contribution in [1.29, 1.82) is 0 Å². The number of alkyl halides is 3. The van der Waals surface area contributed by atoms with Gasteiger partial charge in [0.05, 0.1) is 33.8 Å². The number of alkyl carbamates (subject to hydrolysis) is 1. The fourth-order valence-electron chi connectivity index (χ4n) is 4.39. The number of carbonyl (C=O) groups is 2. The number of ether oxygens (including phenoxy) is 1. The van der Waals surface area contributed by atoms with Gasteiger partial charge in [-0.1, -0.05) is 53.7 Å². The molecule has 2 aliphatic rings. The number of anilines is 1. The van der Waals surface area contributed by atoms with E-state index in [1.807, 2.05) is 0 Å². The Balaban J connectivity index is 1.72. The molecule has 2 aliphatic heterocycles. The van der Waals surface area contributed by atoms with Crippen LogP contribution in [0.2, 0.25) is 5.02 Å². The first kappa shape index (κ1) is 30.2. The molecule has 8 nitrogen and oxygen atoms in total. The summed E-state index contributed by atoms with van der Waals surface area (Å²) in [6.07, 6.45) is -5.47. The summed E-state index contributed by atoms with van der Waals surface area (Å²) in [5.41, 5.74) is -1.21. The number of nitrogens with one attached hydrogen (secondary N) is 1. The summed E-state index contributed by atoms with van der Waals surface area (Å²) in [6.45, 7) is 5.00. The smallest absolute Gasteiger partial charge is 0.416 e. The van der Waals surface area contributed by atoms with Gasteiger partial charge in [-0.3, -0.25) is 4.79 Å². The predicted molar refractivity (Wildman–Crippen MR) is 148 cm³/mol. The molecule has 14 heteroatoms. The van der Waals surface area contributed by atoms with E-state index in [0.717, 1.165) is 35.5 Å². The maximum absolute atomic E-state index is 13.5. The number of nitrogens with zero attached hydrogens (tertiary/aromatic N) is 2. The molecule has 0 unspecified atom stereocenters. The molecule has 2 saturated heterocycles. The van der Waals surface area contributed by atoms with E-state index < -0.39 is 56.5 Å². The third-order valence-corrected chi connectivity index (χ3v) is 9.61. The Labute approximate surface area is 239 Å². The second kappa shape index (κ2) is 11.2. The van der Waals surface area contributed by atoms with Gasteiger partial charge in [0.25, 0.3) is 5.91 Å². The number of rotatable bonds is 5. The summed E-state index contributed by atoms with van der Waals surface area (Å²) in [5, 5.41) is 1.90. The molecule has 0 aromatic heterocycles. The number of amidine groups is 1. The number of hydrogen-bond acceptors (Lipinski definition) is 6. The zero-order valence-electron chi connectivity index (χ0n) is 21.7. The number of thioether (sulfide) groups is 1. The van der Waals surface area contributed by atoms with Crippen LogP contribution in [0.1, 0.15) is 31.9 Å². The van der Waals surface area contributed by atoms with Crippen LogP contribution in [0.5, 0.6) is 0 Å². The van der Waals surface area contributed by atoms with E-state index in [1.54, 1.807) is 51.1 Å². The first-order chi connectivity index (χ1) is 18.5. The van der Waals surface area contributed by atoms with Crippen molar-refractivity contribution < 1.29 is 35.9 Å². The number of sulfone groups is 1. The minimum atomic E-state index is -4.68. The number of carbonyl (C=O) groups excluding carboxylic acids is 2.